The molecular formula is C11H9N3O2. The van der Waals surface area contributed by atoms with Gasteiger partial charge in [-0.05, 0) is 11.6 Å². The first-order chi connectivity index (χ1) is 7.68. The third-order valence-electron chi connectivity index (χ3n) is 2.77. The number of nitrogens with zero attached hydrogens (tertiary/aromatic N) is 2. The Morgan fingerprint density at radius 1 is 1.19 bits per heavy atom. The molecule has 1 aromatic heterocycles. The second-order valence-corrected chi connectivity index (χ2v) is 3.74. The van der Waals surface area contributed by atoms with Gasteiger partial charge in [-0.25, -0.2) is 4.68 Å². The van der Waals surface area contributed by atoms with Crippen LogP contribution in [0, 0.1) is 0 Å². The van der Waals surface area contributed by atoms with E-state index in [1.54, 1.807) is 12.1 Å². The van der Waals surface area contributed by atoms with Gasteiger partial charge >= 0.3 is 0 Å². The van der Waals surface area contributed by atoms with Gasteiger partial charge in [-0.15, -0.1) is 0 Å². The molecule has 2 aromatic rings. The van der Waals surface area contributed by atoms with E-state index in [9.17, 15) is 9.59 Å². The van der Waals surface area contributed by atoms with Crippen molar-refractivity contribution in [3.05, 3.63) is 51.8 Å². The normalized spacial score (nSPS) is 13.4. The van der Waals surface area contributed by atoms with Crippen molar-refractivity contribution in [2.45, 2.75) is 6.54 Å². The minimum atomic E-state index is -0.250. The fourth-order valence-corrected chi connectivity index (χ4v) is 2.02. The quantitative estimate of drug-likeness (QED) is 0.585. The highest BCUT2D eigenvalue weighted by Gasteiger charge is 2.24. The summed E-state index contributed by atoms with van der Waals surface area (Å²) >= 11 is 0. The molecule has 3 rings (SSSR count). The number of carbonyl (C=O) groups excluding carboxylic acids is 1. The standard InChI is InChI=1S/C11H9N3O2/c12-9-5-10(15)13-6-7-3-1-2-4-8(7)11(16)14(9)13/h1-5H,6,12H2. The summed E-state index contributed by atoms with van der Waals surface area (Å²) in [7, 11) is 0. The molecule has 2 heterocycles. The van der Waals surface area contributed by atoms with E-state index in [2.05, 4.69) is 0 Å². The molecule has 0 spiro atoms. The van der Waals surface area contributed by atoms with Gasteiger partial charge in [-0.2, -0.15) is 4.68 Å². The smallest absolute Gasteiger partial charge is 0.278 e. The number of benzene rings is 1. The second-order valence-electron chi connectivity index (χ2n) is 3.74. The van der Waals surface area contributed by atoms with Crippen molar-refractivity contribution in [3.63, 3.8) is 0 Å². The minimum Gasteiger partial charge on any atom is -0.383 e. The van der Waals surface area contributed by atoms with E-state index >= 15 is 0 Å². The van der Waals surface area contributed by atoms with E-state index in [1.165, 1.54) is 15.4 Å². The number of fused-ring (bicyclic) bond motifs is 2. The van der Waals surface area contributed by atoms with E-state index < -0.39 is 0 Å². The Labute approximate surface area is 90.7 Å². The van der Waals surface area contributed by atoms with Crippen LogP contribution in [0.1, 0.15) is 15.9 Å². The zero-order valence-electron chi connectivity index (χ0n) is 8.38. The van der Waals surface area contributed by atoms with Crippen molar-refractivity contribution in [2.24, 2.45) is 0 Å². The number of nitrogen functional groups attached to an aromatic ring is 1. The van der Waals surface area contributed by atoms with Gasteiger partial charge in [0.2, 0.25) is 0 Å². The molecule has 0 atom stereocenters. The maximum Gasteiger partial charge on any atom is 0.278 e. The second kappa shape index (κ2) is 2.85. The van der Waals surface area contributed by atoms with Gasteiger partial charge in [0.15, 0.2) is 0 Å². The van der Waals surface area contributed by atoms with E-state index in [1.807, 2.05) is 12.1 Å². The van der Waals surface area contributed by atoms with Crippen LogP contribution in [0.2, 0.25) is 0 Å². The predicted molar refractivity (Wildman–Crippen MR) is 58.4 cm³/mol. The summed E-state index contributed by atoms with van der Waals surface area (Å²) in [6.07, 6.45) is 0. The number of hydrogen-bond donors (Lipinski definition) is 1. The molecule has 0 amide bonds. The molecule has 0 unspecified atom stereocenters. The number of nitrogens with two attached hydrogens (primary N) is 1. The lowest BCUT2D eigenvalue weighted by Gasteiger charge is -2.19. The summed E-state index contributed by atoms with van der Waals surface area (Å²) in [5.74, 6) is -0.0639. The largest absolute Gasteiger partial charge is 0.383 e. The van der Waals surface area contributed by atoms with Gasteiger partial charge in [0.1, 0.15) is 5.82 Å². The average Bonchev–Trinajstić information content (AvgIpc) is 2.55. The lowest BCUT2D eigenvalue weighted by Crippen LogP contribution is -2.34. The third-order valence-corrected chi connectivity index (χ3v) is 2.77. The highest BCUT2D eigenvalue weighted by molar-refractivity contribution is 5.99. The van der Waals surface area contributed by atoms with Gasteiger partial charge in [0.05, 0.1) is 6.54 Å². The molecule has 1 aliphatic rings. The number of rotatable bonds is 0. The topological polar surface area (TPSA) is 70.0 Å². The number of anilines is 1. The van der Waals surface area contributed by atoms with Crippen LogP contribution in [0.3, 0.4) is 0 Å². The van der Waals surface area contributed by atoms with E-state index in [-0.39, 0.29) is 17.3 Å². The first kappa shape index (κ1) is 8.96. The van der Waals surface area contributed by atoms with E-state index in [4.69, 9.17) is 5.73 Å². The summed E-state index contributed by atoms with van der Waals surface area (Å²) in [5, 5.41) is 0. The van der Waals surface area contributed by atoms with Gasteiger partial charge in [-0.3, -0.25) is 9.59 Å². The molecule has 0 aliphatic carbocycles. The Morgan fingerprint density at radius 3 is 2.75 bits per heavy atom. The minimum absolute atomic E-state index is 0.185. The zero-order valence-corrected chi connectivity index (χ0v) is 8.38. The monoisotopic (exact) mass is 215 g/mol. The van der Waals surface area contributed by atoms with Crippen LogP contribution in [0.4, 0.5) is 5.82 Å². The molecule has 0 bridgehead atoms. The highest BCUT2D eigenvalue weighted by Crippen LogP contribution is 2.18. The van der Waals surface area contributed by atoms with Crippen molar-refractivity contribution in [1.82, 2.24) is 9.36 Å². The van der Waals surface area contributed by atoms with Gasteiger partial charge in [0.25, 0.3) is 11.5 Å². The predicted octanol–water partition coefficient (Wildman–Crippen LogP) is 0.282. The third kappa shape index (κ3) is 0.995. The van der Waals surface area contributed by atoms with Crippen LogP contribution >= 0.6 is 0 Å². The SMILES string of the molecule is Nc1cc(=O)n2n1C(=O)c1ccccc1C2. The van der Waals surface area contributed by atoms with Crippen LogP contribution in [-0.2, 0) is 6.54 Å². The van der Waals surface area contributed by atoms with E-state index in [0.717, 1.165) is 5.56 Å². The summed E-state index contributed by atoms with van der Waals surface area (Å²) in [6.45, 7) is 0.387. The van der Waals surface area contributed by atoms with Crippen LogP contribution in [0.5, 0.6) is 0 Å². The lowest BCUT2D eigenvalue weighted by molar-refractivity contribution is 0.0919. The molecule has 1 aliphatic heterocycles. The molecule has 5 heteroatoms. The van der Waals surface area contributed by atoms with Crippen molar-refractivity contribution in [3.8, 4) is 0 Å². The van der Waals surface area contributed by atoms with Gasteiger partial charge < -0.3 is 5.73 Å². The van der Waals surface area contributed by atoms with Crippen molar-refractivity contribution >= 4 is 11.7 Å². The lowest BCUT2D eigenvalue weighted by atomic mass is 10.1. The molecule has 0 saturated heterocycles. The first-order valence-electron chi connectivity index (χ1n) is 4.89. The summed E-state index contributed by atoms with van der Waals surface area (Å²) in [6, 6.07) is 8.49. The molecule has 16 heavy (non-hydrogen) atoms. The maximum atomic E-state index is 12.1. The summed E-state index contributed by atoms with van der Waals surface area (Å²) in [5.41, 5.74) is 6.83. The summed E-state index contributed by atoms with van der Waals surface area (Å²) in [4.78, 5) is 23.6. The maximum absolute atomic E-state index is 12.1. The summed E-state index contributed by atoms with van der Waals surface area (Å²) < 4.78 is 2.57. The van der Waals surface area contributed by atoms with Crippen molar-refractivity contribution in [2.75, 3.05) is 5.73 Å². The fourth-order valence-electron chi connectivity index (χ4n) is 2.02. The number of aromatic nitrogens is 2. The molecule has 2 N–H and O–H groups in total. The molecule has 0 saturated carbocycles. The number of hydrogen-bond acceptors (Lipinski definition) is 3. The van der Waals surface area contributed by atoms with Gasteiger partial charge in [-0.1, -0.05) is 18.2 Å². The van der Waals surface area contributed by atoms with Gasteiger partial charge in [0, 0.05) is 11.6 Å². The molecule has 0 radical (unpaired) electrons. The molecule has 80 valence electrons. The van der Waals surface area contributed by atoms with Crippen LogP contribution in [-0.4, -0.2) is 15.3 Å². The average molecular weight is 215 g/mol. The van der Waals surface area contributed by atoms with Crippen molar-refractivity contribution in [1.29, 1.82) is 0 Å². The highest BCUT2D eigenvalue weighted by atomic mass is 16.2. The van der Waals surface area contributed by atoms with Crippen LogP contribution in [0.15, 0.2) is 35.1 Å². The Kier molecular flexibility index (Phi) is 1.60. The zero-order chi connectivity index (χ0) is 11.3. The Bertz CT molecular complexity index is 651. The number of carbonyl (C=O) groups is 1. The Hall–Kier alpha value is -2.30. The molecule has 0 fully saturated rings. The first-order valence-corrected chi connectivity index (χ1v) is 4.89. The van der Waals surface area contributed by atoms with Crippen LogP contribution in [0.25, 0.3) is 0 Å². The molecule has 1 aromatic carbocycles. The fraction of sp³-hybridized carbons (Fsp3) is 0.0909. The Morgan fingerprint density at radius 2 is 1.94 bits per heavy atom. The van der Waals surface area contributed by atoms with Crippen LogP contribution < -0.4 is 11.3 Å². The molecular weight excluding hydrogens is 206 g/mol. The molecule has 5 nitrogen and oxygen atoms in total. The Balaban J connectivity index is 2.32. The van der Waals surface area contributed by atoms with E-state index in [0.29, 0.717) is 12.1 Å². The van der Waals surface area contributed by atoms with Crippen molar-refractivity contribution < 1.29 is 4.79 Å².